The topological polar surface area (TPSA) is 25.2 Å². The summed E-state index contributed by atoms with van der Waals surface area (Å²) in [6.07, 6.45) is 4.87. The maximum atomic E-state index is 11.5. The highest BCUT2D eigenvalue weighted by atomic mass is 16.2. The average Bonchev–Trinajstić information content (AvgIpc) is 2.72. The van der Waals surface area contributed by atoms with Crippen molar-refractivity contribution in [3.63, 3.8) is 0 Å². The predicted molar refractivity (Wildman–Crippen MR) is 52.8 cm³/mol. The van der Waals surface area contributed by atoms with Gasteiger partial charge in [-0.1, -0.05) is 0 Å². The molecule has 3 rings (SSSR count). The van der Waals surface area contributed by atoms with Crippen molar-refractivity contribution in [2.24, 2.45) is 7.05 Å². The second-order valence-electron chi connectivity index (χ2n) is 4.22. The van der Waals surface area contributed by atoms with Crippen molar-refractivity contribution in [1.82, 2.24) is 9.47 Å². The smallest absolute Gasteiger partial charge is 0.223 e. The molecule has 2 aliphatic rings. The summed E-state index contributed by atoms with van der Waals surface area (Å²) in [5.41, 5.74) is 2.80. The quantitative estimate of drug-likeness (QED) is 0.604. The molecule has 1 amide bonds. The van der Waals surface area contributed by atoms with Crippen LogP contribution in [-0.2, 0) is 18.3 Å². The molecule has 0 saturated carbocycles. The van der Waals surface area contributed by atoms with Crippen molar-refractivity contribution in [2.45, 2.75) is 25.3 Å². The largest absolute Gasteiger partial charge is 0.354 e. The zero-order valence-electron chi connectivity index (χ0n) is 8.36. The van der Waals surface area contributed by atoms with Crippen LogP contribution in [0.15, 0.2) is 12.3 Å². The summed E-state index contributed by atoms with van der Waals surface area (Å²) in [6, 6.07) is 2.55. The summed E-state index contributed by atoms with van der Waals surface area (Å²) in [4.78, 5) is 13.6. The van der Waals surface area contributed by atoms with Crippen molar-refractivity contribution in [1.29, 1.82) is 0 Å². The molecule has 1 aromatic rings. The van der Waals surface area contributed by atoms with E-state index in [9.17, 15) is 4.79 Å². The van der Waals surface area contributed by atoms with Gasteiger partial charge in [0, 0.05) is 38.3 Å². The monoisotopic (exact) mass is 190 g/mol. The maximum Gasteiger partial charge on any atom is 0.223 e. The van der Waals surface area contributed by atoms with Crippen molar-refractivity contribution in [3.05, 3.63) is 23.5 Å². The predicted octanol–water partition coefficient (Wildman–Crippen LogP) is 1.24. The Morgan fingerprint density at radius 2 is 2.29 bits per heavy atom. The summed E-state index contributed by atoms with van der Waals surface area (Å²) in [7, 11) is 2.09. The average molecular weight is 190 g/mol. The van der Waals surface area contributed by atoms with E-state index in [1.165, 1.54) is 11.3 Å². The second-order valence-corrected chi connectivity index (χ2v) is 4.22. The fourth-order valence-corrected chi connectivity index (χ4v) is 2.77. The normalized spacial score (nSPS) is 25.1. The third-order valence-corrected chi connectivity index (χ3v) is 3.51. The van der Waals surface area contributed by atoms with Crippen LogP contribution < -0.4 is 0 Å². The van der Waals surface area contributed by atoms with Crippen molar-refractivity contribution >= 4 is 5.91 Å². The number of rotatable bonds is 0. The van der Waals surface area contributed by atoms with Crippen LogP contribution in [0.5, 0.6) is 0 Å². The summed E-state index contributed by atoms with van der Waals surface area (Å²) >= 11 is 0. The van der Waals surface area contributed by atoms with Crippen molar-refractivity contribution in [3.8, 4) is 0 Å². The van der Waals surface area contributed by atoms with Crippen LogP contribution in [0.4, 0.5) is 0 Å². The number of carbonyl (C=O) groups is 1. The number of aryl methyl sites for hydroxylation is 1. The lowest BCUT2D eigenvalue weighted by Crippen LogP contribution is -2.34. The Bertz CT molecular complexity index is 394. The Labute approximate surface area is 83.3 Å². The van der Waals surface area contributed by atoms with Gasteiger partial charge in [0.05, 0.1) is 6.04 Å². The molecule has 0 aliphatic carbocycles. The number of nitrogens with zero attached hydrogens (tertiary/aromatic N) is 2. The van der Waals surface area contributed by atoms with E-state index in [0.717, 1.165) is 25.8 Å². The van der Waals surface area contributed by atoms with Crippen molar-refractivity contribution in [2.75, 3.05) is 6.54 Å². The summed E-state index contributed by atoms with van der Waals surface area (Å²) in [5, 5.41) is 0. The Balaban J connectivity index is 2.07. The van der Waals surface area contributed by atoms with E-state index in [-0.39, 0.29) is 0 Å². The zero-order valence-corrected chi connectivity index (χ0v) is 8.36. The van der Waals surface area contributed by atoms with Gasteiger partial charge in [-0.05, 0) is 18.1 Å². The molecule has 0 spiro atoms. The van der Waals surface area contributed by atoms with Crippen LogP contribution >= 0.6 is 0 Å². The number of aromatic nitrogens is 1. The molecule has 2 aliphatic heterocycles. The summed E-state index contributed by atoms with van der Waals surface area (Å²) < 4.78 is 2.19. The number of hydrogen-bond donors (Lipinski definition) is 0. The van der Waals surface area contributed by atoms with Crippen LogP contribution in [-0.4, -0.2) is 21.9 Å². The second kappa shape index (κ2) is 2.62. The molecule has 14 heavy (non-hydrogen) atoms. The molecule has 1 unspecified atom stereocenters. The molecule has 3 heterocycles. The van der Waals surface area contributed by atoms with Crippen LogP contribution in [0, 0.1) is 0 Å². The number of amides is 1. The van der Waals surface area contributed by atoms with E-state index in [4.69, 9.17) is 0 Å². The lowest BCUT2D eigenvalue weighted by atomic mass is 9.99. The Morgan fingerprint density at radius 1 is 1.43 bits per heavy atom. The minimum Gasteiger partial charge on any atom is -0.354 e. The molecular formula is C11H14N2O. The SMILES string of the molecule is Cn1ccc2c1CCN1C(=O)CCC21. The van der Waals surface area contributed by atoms with Crippen LogP contribution in [0.1, 0.15) is 30.1 Å². The number of carbonyl (C=O) groups excluding carboxylic acids is 1. The minimum atomic E-state index is 0.338. The molecule has 74 valence electrons. The first-order valence-corrected chi connectivity index (χ1v) is 5.21. The molecule has 0 aromatic carbocycles. The third kappa shape index (κ3) is 0.897. The van der Waals surface area contributed by atoms with Gasteiger partial charge in [0.1, 0.15) is 0 Å². The van der Waals surface area contributed by atoms with Gasteiger partial charge in [0.25, 0.3) is 0 Å². The highest BCUT2D eigenvalue weighted by molar-refractivity contribution is 5.79. The maximum absolute atomic E-state index is 11.5. The lowest BCUT2D eigenvalue weighted by molar-refractivity contribution is -0.129. The van der Waals surface area contributed by atoms with E-state index in [1.807, 2.05) is 4.90 Å². The molecule has 0 radical (unpaired) electrons. The molecule has 0 N–H and O–H groups in total. The number of hydrogen-bond acceptors (Lipinski definition) is 1. The van der Waals surface area contributed by atoms with Gasteiger partial charge >= 0.3 is 0 Å². The zero-order chi connectivity index (χ0) is 9.71. The summed E-state index contributed by atoms with van der Waals surface area (Å²) in [5.74, 6) is 0.338. The standard InChI is InChI=1S/C11H14N2O/c1-12-6-4-8-9(12)5-7-13-10(8)2-3-11(13)14/h4,6,10H,2-3,5,7H2,1H3. The Hall–Kier alpha value is -1.25. The van der Waals surface area contributed by atoms with Crippen LogP contribution in [0.25, 0.3) is 0 Å². The first-order chi connectivity index (χ1) is 6.77. The fraction of sp³-hybridized carbons (Fsp3) is 0.545. The lowest BCUT2D eigenvalue weighted by Gasteiger charge is -2.30. The third-order valence-electron chi connectivity index (χ3n) is 3.51. The van der Waals surface area contributed by atoms with E-state index >= 15 is 0 Å². The van der Waals surface area contributed by atoms with E-state index in [0.29, 0.717) is 11.9 Å². The van der Waals surface area contributed by atoms with Gasteiger partial charge in [-0.3, -0.25) is 4.79 Å². The summed E-state index contributed by atoms with van der Waals surface area (Å²) in [6.45, 7) is 0.911. The van der Waals surface area contributed by atoms with Gasteiger partial charge < -0.3 is 9.47 Å². The highest BCUT2D eigenvalue weighted by Crippen LogP contribution is 2.38. The minimum absolute atomic E-state index is 0.338. The van der Waals surface area contributed by atoms with Gasteiger partial charge in [0.15, 0.2) is 0 Å². The molecule has 1 saturated heterocycles. The van der Waals surface area contributed by atoms with Gasteiger partial charge in [-0.15, -0.1) is 0 Å². The molecule has 0 bridgehead atoms. The van der Waals surface area contributed by atoms with E-state index < -0.39 is 0 Å². The van der Waals surface area contributed by atoms with E-state index in [2.05, 4.69) is 23.9 Å². The molecule has 3 heteroatoms. The Kier molecular flexibility index (Phi) is 1.52. The molecule has 3 nitrogen and oxygen atoms in total. The van der Waals surface area contributed by atoms with Gasteiger partial charge in [0.2, 0.25) is 5.91 Å². The van der Waals surface area contributed by atoms with Gasteiger partial charge in [-0.25, -0.2) is 0 Å². The number of fused-ring (bicyclic) bond motifs is 3. The van der Waals surface area contributed by atoms with Gasteiger partial charge in [-0.2, -0.15) is 0 Å². The highest BCUT2D eigenvalue weighted by Gasteiger charge is 2.36. The first kappa shape index (κ1) is 8.09. The van der Waals surface area contributed by atoms with Crippen molar-refractivity contribution < 1.29 is 4.79 Å². The molecule has 1 fully saturated rings. The fourth-order valence-electron chi connectivity index (χ4n) is 2.77. The van der Waals surface area contributed by atoms with Crippen LogP contribution in [0.2, 0.25) is 0 Å². The van der Waals surface area contributed by atoms with Crippen LogP contribution in [0.3, 0.4) is 0 Å². The molecule has 1 aromatic heterocycles. The Morgan fingerprint density at radius 3 is 3.14 bits per heavy atom. The van der Waals surface area contributed by atoms with E-state index in [1.54, 1.807) is 0 Å². The first-order valence-electron chi connectivity index (χ1n) is 5.21. The molecule has 1 atom stereocenters. The molecular weight excluding hydrogens is 176 g/mol.